The van der Waals surface area contributed by atoms with E-state index in [0.717, 1.165) is 16.9 Å². The highest BCUT2D eigenvalue weighted by molar-refractivity contribution is 6.06. The predicted octanol–water partition coefficient (Wildman–Crippen LogP) is 4.73. The highest BCUT2D eigenvalue weighted by Gasteiger charge is 2.11. The van der Waals surface area contributed by atoms with Gasteiger partial charge in [0.25, 0.3) is 0 Å². The van der Waals surface area contributed by atoms with Gasteiger partial charge in [0.15, 0.2) is 5.78 Å². The Hall–Kier alpha value is -4.06. The van der Waals surface area contributed by atoms with Crippen molar-refractivity contribution in [1.82, 2.24) is 0 Å². The maximum absolute atomic E-state index is 12.5. The van der Waals surface area contributed by atoms with E-state index in [-0.39, 0.29) is 5.56 Å². The van der Waals surface area contributed by atoms with Crippen LogP contribution < -0.4 is 19.8 Å². The number of benzene rings is 2. The first-order chi connectivity index (χ1) is 15.0. The molecule has 3 rings (SSSR count). The second-order valence-corrected chi connectivity index (χ2v) is 6.45. The highest BCUT2D eigenvalue weighted by atomic mass is 16.5. The number of hydrogen-bond donors (Lipinski definition) is 0. The molecular weight excluding hydrogens is 396 g/mol. The number of carbonyl (C=O) groups excluding carboxylic acids is 1. The van der Waals surface area contributed by atoms with Crippen LogP contribution in [-0.2, 0) is 0 Å². The first kappa shape index (κ1) is 21.6. The zero-order chi connectivity index (χ0) is 22.2. The summed E-state index contributed by atoms with van der Waals surface area (Å²) in [7, 11) is 4.73. The second-order valence-electron chi connectivity index (χ2n) is 6.45. The van der Waals surface area contributed by atoms with Crippen LogP contribution in [0.3, 0.4) is 0 Å². The summed E-state index contributed by atoms with van der Waals surface area (Å²) < 4.78 is 20.8. The van der Waals surface area contributed by atoms with E-state index < -0.39 is 11.4 Å². The van der Waals surface area contributed by atoms with Crippen LogP contribution in [0.15, 0.2) is 70.1 Å². The van der Waals surface area contributed by atoms with Crippen molar-refractivity contribution in [1.29, 1.82) is 0 Å². The average Bonchev–Trinajstić information content (AvgIpc) is 2.81. The monoisotopic (exact) mass is 418 g/mol. The SMILES string of the molecule is COc1ccc(C=Cc2cc(OC)cc(OC)c2/C=C/C(=O)c2cccoc2=O)cc1. The van der Waals surface area contributed by atoms with Gasteiger partial charge in [-0.1, -0.05) is 24.3 Å². The Morgan fingerprint density at radius 3 is 2.26 bits per heavy atom. The van der Waals surface area contributed by atoms with Gasteiger partial charge in [-0.05, 0) is 53.6 Å². The second kappa shape index (κ2) is 10.1. The van der Waals surface area contributed by atoms with E-state index in [9.17, 15) is 9.59 Å². The van der Waals surface area contributed by atoms with E-state index in [1.54, 1.807) is 26.4 Å². The molecule has 0 unspecified atom stereocenters. The summed E-state index contributed by atoms with van der Waals surface area (Å²) in [4.78, 5) is 24.2. The number of allylic oxidation sites excluding steroid dienone is 1. The van der Waals surface area contributed by atoms with Crippen LogP contribution in [-0.4, -0.2) is 27.1 Å². The summed E-state index contributed by atoms with van der Waals surface area (Å²) >= 11 is 0. The summed E-state index contributed by atoms with van der Waals surface area (Å²) in [5, 5.41) is 0. The van der Waals surface area contributed by atoms with Crippen molar-refractivity contribution >= 4 is 24.0 Å². The van der Waals surface area contributed by atoms with Crippen LogP contribution >= 0.6 is 0 Å². The smallest absolute Gasteiger partial charge is 0.346 e. The van der Waals surface area contributed by atoms with Crippen molar-refractivity contribution < 1.29 is 23.4 Å². The van der Waals surface area contributed by atoms with Gasteiger partial charge in [0, 0.05) is 11.6 Å². The van der Waals surface area contributed by atoms with E-state index in [1.165, 1.54) is 31.6 Å². The molecule has 6 nitrogen and oxygen atoms in total. The van der Waals surface area contributed by atoms with Gasteiger partial charge in [-0.2, -0.15) is 0 Å². The highest BCUT2D eigenvalue weighted by Crippen LogP contribution is 2.31. The van der Waals surface area contributed by atoms with E-state index in [2.05, 4.69) is 0 Å². The molecule has 0 atom stereocenters. The molecule has 1 heterocycles. The van der Waals surface area contributed by atoms with Crippen molar-refractivity contribution in [2.45, 2.75) is 0 Å². The van der Waals surface area contributed by atoms with E-state index in [0.29, 0.717) is 17.1 Å². The molecule has 3 aromatic rings. The molecule has 0 aliphatic heterocycles. The number of carbonyl (C=O) groups is 1. The molecule has 0 aliphatic rings. The van der Waals surface area contributed by atoms with Gasteiger partial charge in [-0.3, -0.25) is 4.79 Å². The first-order valence-electron chi connectivity index (χ1n) is 9.44. The van der Waals surface area contributed by atoms with Gasteiger partial charge in [-0.25, -0.2) is 4.79 Å². The molecule has 0 spiro atoms. The molecule has 0 radical (unpaired) electrons. The Balaban J connectivity index is 1.99. The molecule has 0 aliphatic carbocycles. The summed E-state index contributed by atoms with van der Waals surface area (Å²) in [6.07, 6.45) is 7.99. The largest absolute Gasteiger partial charge is 0.497 e. The lowest BCUT2D eigenvalue weighted by Gasteiger charge is -2.11. The van der Waals surface area contributed by atoms with Crippen LogP contribution in [0.25, 0.3) is 18.2 Å². The van der Waals surface area contributed by atoms with Crippen LogP contribution in [0.2, 0.25) is 0 Å². The standard InChI is InChI=1S/C25H22O6/c1-28-19-10-7-17(8-11-19)6-9-18-15-20(29-2)16-24(30-3)21(18)12-13-23(26)22-5-4-14-31-25(22)27/h4-16H,1-3H3/b9-6?,13-12+. The zero-order valence-electron chi connectivity index (χ0n) is 17.5. The maximum Gasteiger partial charge on any atom is 0.346 e. The van der Waals surface area contributed by atoms with E-state index in [4.69, 9.17) is 18.6 Å². The molecule has 0 N–H and O–H groups in total. The Morgan fingerprint density at radius 1 is 0.871 bits per heavy atom. The molecule has 0 saturated carbocycles. The number of ether oxygens (including phenoxy) is 3. The normalized spacial score (nSPS) is 11.1. The predicted molar refractivity (Wildman–Crippen MR) is 120 cm³/mol. The topological polar surface area (TPSA) is 75.0 Å². The lowest BCUT2D eigenvalue weighted by molar-refractivity contribution is 0.104. The average molecular weight is 418 g/mol. The Morgan fingerprint density at radius 2 is 1.61 bits per heavy atom. The molecule has 0 saturated heterocycles. The first-order valence-corrected chi connectivity index (χ1v) is 9.44. The minimum absolute atomic E-state index is 0.0402. The fourth-order valence-electron chi connectivity index (χ4n) is 2.93. The van der Waals surface area contributed by atoms with Gasteiger partial charge in [0.1, 0.15) is 22.8 Å². The van der Waals surface area contributed by atoms with Crippen molar-refractivity contribution in [3.63, 3.8) is 0 Å². The van der Waals surface area contributed by atoms with Crippen LogP contribution in [0.5, 0.6) is 17.2 Å². The molecule has 1 aromatic heterocycles. The third-order valence-corrected chi connectivity index (χ3v) is 4.58. The van der Waals surface area contributed by atoms with Crippen molar-refractivity contribution in [2.75, 3.05) is 21.3 Å². The third-order valence-electron chi connectivity index (χ3n) is 4.58. The minimum atomic E-state index is -0.682. The molecule has 158 valence electrons. The van der Waals surface area contributed by atoms with Gasteiger partial charge >= 0.3 is 5.63 Å². The molecule has 0 fully saturated rings. The molecular formula is C25H22O6. The summed E-state index contributed by atoms with van der Waals surface area (Å²) in [6, 6.07) is 14.1. The Labute approximate surface area is 180 Å². The van der Waals surface area contributed by atoms with Crippen molar-refractivity contribution in [3.05, 3.63) is 93.5 Å². The molecule has 6 heteroatoms. The molecule has 0 bridgehead atoms. The third kappa shape index (κ3) is 5.30. The van der Waals surface area contributed by atoms with E-state index >= 15 is 0 Å². The summed E-state index contributed by atoms with van der Waals surface area (Å²) in [6.45, 7) is 0. The lowest BCUT2D eigenvalue weighted by Crippen LogP contribution is -2.11. The Kier molecular flexibility index (Phi) is 7.06. The summed E-state index contributed by atoms with van der Waals surface area (Å²) in [5.41, 5.74) is 1.69. The van der Waals surface area contributed by atoms with Gasteiger partial charge in [0.05, 0.1) is 27.6 Å². The van der Waals surface area contributed by atoms with Crippen LogP contribution in [0, 0.1) is 0 Å². The zero-order valence-corrected chi connectivity index (χ0v) is 17.5. The van der Waals surface area contributed by atoms with Crippen molar-refractivity contribution in [2.24, 2.45) is 0 Å². The molecule has 2 aromatic carbocycles. The number of ketones is 1. The summed E-state index contributed by atoms with van der Waals surface area (Å²) in [5.74, 6) is 1.45. The fraction of sp³-hybridized carbons (Fsp3) is 0.120. The molecule has 31 heavy (non-hydrogen) atoms. The van der Waals surface area contributed by atoms with Gasteiger partial charge < -0.3 is 18.6 Å². The quantitative estimate of drug-likeness (QED) is 0.299. The maximum atomic E-state index is 12.5. The minimum Gasteiger partial charge on any atom is -0.497 e. The Bertz CT molecular complexity index is 1170. The van der Waals surface area contributed by atoms with Gasteiger partial charge in [0.2, 0.25) is 0 Å². The number of methoxy groups -OCH3 is 3. The fourth-order valence-corrected chi connectivity index (χ4v) is 2.93. The van der Waals surface area contributed by atoms with Crippen LogP contribution in [0.1, 0.15) is 27.0 Å². The van der Waals surface area contributed by atoms with Gasteiger partial charge in [-0.15, -0.1) is 0 Å². The van der Waals surface area contributed by atoms with E-state index in [1.807, 2.05) is 42.5 Å². The molecule has 0 amide bonds. The number of rotatable bonds is 8. The lowest BCUT2D eigenvalue weighted by atomic mass is 10.0. The van der Waals surface area contributed by atoms with Crippen LogP contribution in [0.4, 0.5) is 0 Å². The number of hydrogen-bond acceptors (Lipinski definition) is 6. The van der Waals surface area contributed by atoms with Crippen molar-refractivity contribution in [3.8, 4) is 17.2 Å².